The minimum absolute atomic E-state index is 0.167. The third-order valence-electron chi connectivity index (χ3n) is 1.15. The summed E-state index contributed by atoms with van der Waals surface area (Å²) in [5.74, 6) is 0. The number of nitrogens with one attached hydrogen (secondary N) is 1. The fourth-order valence-corrected chi connectivity index (χ4v) is 1.37. The van der Waals surface area contributed by atoms with Gasteiger partial charge in [0.2, 0.25) is 0 Å². The molecular formula is C5H3N3OS. The summed E-state index contributed by atoms with van der Waals surface area (Å²) in [6, 6.07) is 0. The standard InChI is InChI=1S/C5H3N3OS/c9-5-4-3(1-7-8-5)6-2-10-4/h1-2H,(H,8,9). The SMILES string of the molecule is O=c1[nH]ncc2ncsc12. The summed E-state index contributed by atoms with van der Waals surface area (Å²) in [6.07, 6.45) is 1.53. The van der Waals surface area contributed by atoms with E-state index in [-0.39, 0.29) is 5.56 Å². The maximum atomic E-state index is 10.9. The first-order valence-electron chi connectivity index (χ1n) is 2.65. The zero-order valence-electron chi connectivity index (χ0n) is 4.87. The smallest absolute Gasteiger partial charge is 0.266 e. The number of hydrogen-bond donors (Lipinski definition) is 1. The van der Waals surface area contributed by atoms with Gasteiger partial charge in [0.05, 0.1) is 11.7 Å². The first kappa shape index (κ1) is 5.55. The predicted molar refractivity (Wildman–Crippen MR) is 38.0 cm³/mol. The van der Waals surface area contributed by atoms with Crippen LogP contribution in [0.3, 0.4) is 0 Å². The van der Waals surface area contributed by atoms with Crippen molar-refractivity contribution < 1.29 is 0 Å². The van der Waals surface area contributed by atoms with Crippen molar-refractivity contribution in [3.05, 3.63) is 22.1 Å². The quantitative estimate of drug-likeness (QED) is 0.595. The third-order valence-corrected chi connectivity index (χ3v) is 2.00. The topological polar surface area (TPSA) is 58.6 Å². The summed E-state index contributed by atoms with van der Waals surface area (Å²) >= 11 is 1.32. The summed E-state index contributed by atoms with van der Waals surface area (Å²) in [6.45, 7) is 0. The first-order valence-corrected chi connectivity index (χ1v) is 3.53. The van der Waals surface area contributed by atoms with E-state index in [1.807, 2.05) is 0 Å². The van der Waals surface area contributed by atoms with Gasteiger partial charge >= 0.3 is 0 Å². The molecule has 0 amide bonds. The maximum absolute atomic E-state index is 10.9. The van der Waals surface area contributed by atoms with E-state index in [4.69, 9.17) is 0 Å². The van der Waals surface area contributed by atoms with Gasteiger partial charge in [0.15, 0.2) is 0 Å². The van der Waals surface area contributed by atoms with Crippen LogP contribution < -0.4 is 5.56 Å². The molecule has 1 N–H and O–H groups in total. The average Bonchev–Trinajstić information content (AvgIpc) is 2.36. The lowest BCUT2D eigenvalue weighted by Crippen LogP contribution is -2.04. The Labute approximate surface area is 59.5 Å². The second kappa shape index (κ2) is 1.88. The van der Waals surface area contributed by atoms with Gasteiger partial charge in [-0.2, -0.15) is 5.10 Å². The van der Waals surface area contributed by atoms with Crippen LogP contribution in [0.4, 0.5) is 0 Å². The van der Waals surface area contributed by atoms with Gasteiger partial charge in [-0.05, 0) is 0 Å². The monoisotopic (exact) mass is 153 g/mol. The van der Waals surface area contributed by atoms with Crippen LogP contribution in [0.2, 0.25) is 0 Å². The molecule has 0 saturated heterocycles. The maximum Gasteiger partial charge on any atom is 0.283 e. The normalized spacial score (nSPS) is 10.4. The number of fused-ring (bicyclic) bond motifs is 1. The van der Waals surface area contributed by atoms with Gasteiger partial charge in [-0.25, -0.2) is 10.1 Å². The molecule has 2 rings (SSSR count). The Bertz CT molecular complexity index is 404. The number of H-pyrrole nitrogens is 1. The van der Waals surface area contributed by atoms with Crippen LogP contribution in [0, 0.1) is 0 Å². The molecule has 0 saturated carbocycles. The van der Waals surface area contributed by atoms with Gasteiger partial charge in [-0.15, -0.1) is 11.3 Å². The molecule has 0 bridgehead atoms. The molecule has 10 heavy (non-hydrogen) atoms. The Balaban J connectivity index is 3.09. The molecule has 0 atom stereocenters. The molecule has 0 aliphatic heterocycles. The number of aromatic nitrogens is 3. The highest BCUT2D eigenvalue weighted by Crippen LogP contribution is 2.09. The number of nitrogens with zero attached hydrogens (tertiary/aromatic N) is 2. The van der Waals surface area contributed by atoms with Crippen LogP contribution in [0.1, 0.15) is 0 Å². The van der Waals surface area contributed by atoms with E-state index in [1.54, 1.807) is 5.51 Å². The molecule has 0 spiro atoms. The molecule has 0 aliphatic rings. The minimum atomic E-state index is -0.167. The summed E-state index contributed by atoms with van der Waals surface area (Å²) in [5, 5.41) is 5.92. The van der Waals surface area contributed by atoms with Gasteiger partial charge in [-0.3, -0.25) is 4.79 Å². The van der Waals surface area contributed by atoms with E-state index in [0.717, 1.165) is 0 Å². The number of thiazole rings is 1. The van der Waals surface area contributed by atoms with E-state index in [1.165, 1.54) is 17.5 Å². The summed E-state index contributed by atoms with van der Waals surface area (Å²) < 4.78 is 0.634. The molecule has 0 radical (unpaired) electrons. The molecule has 0 aromatic carbocycles. The Hall–Kier alpha value is -1.23. The lowest BCUT2D eigenvalue weighted by molar-refractivity contribution is 1.01. The van der Waals surface area contributed by atoms with Crippen molar-refractivity contribution in [3.8, 4) is 0 Å². The van der Waals surface area contributed by atoms with Crippen molar-refractivity contribution in [2.45, 2.75) is 0 Å². The van der Waals surface area contributed by atoms with Gasteiger partial charge in [-0.1, -0.05) is 0 Å². The fraction of sp³-hybridized carbons (Fsp3) is 0. The number of aromatic amines is 1. The molecule has 0 aliphatic carbocycles. The van der Waals surface area contributed by atoms with E-state index in [9.17, 15) is 4.79 Å². The summed E-state index contributed by atoms with van der Waals surface area (Å²) in [7, 11) is 0. The molecule has 0 fully saturated rings. The second-order valence-corrected chi connectivity index (χ2v) is 2.62. The highest BCUT2D eigenvalue weighted by Gasteiger charge is 1.98. The Morgan fingerprint density at radius 1 is 1.60 bits per heavy atom. The predicted octanol–water partition coefficient (Wildman–Crippen LogP) is 0.380. The molecular weight excluding hydrogens is 150 g/mol. The molecule has 2 heterocycles. The highest BCUT2D eigenvalue weighted by atomic mass is 32.1. The van der Waals surface area contributed by atoms with Gasteiger partial charge < -0.3 is 0 Å². The van der Waals surface area contributed by atoms with Crippen LogP contribution in [-0.2, 0) is 0 Å². The highest BCUT2D eigenvalue weighted by molar-refractivity contribution is 7.16. The first-order chi connectivity index (χ1) is 4.88. The Morgan fingerprint density at radius 2 is 2.50 bits per heavy atom. The Morgan fingerprint density at radius 3 is 3.30 bits per heavy atom. The molecule has 50 valence electrons. The van der Waals surface area contributed by atoms with Crippen LogP contribution in [0.5, 0.6) is 0 Å². The molecule has 2 aromatic rings. The van der Waals surface area contributed by atoms with Crippen molar-refractivity contribution in [2.24, 2.45) is 0 Å². The molecule has 5 heteroatoms. The van der Waals surface area contributed by atoms with Crippen molar-refractivity contribution in [1.82, 2.24) is 15.2 Å². The number of hydrogen-bond acceptors (Lipinski definition) is 4. The summed E-state index contributed by atoms with van der Waals surface area (Å²) in [5.41, 5.74) is 2.12. The van der Waals surface area contributed by atoms with Gasteiger partial charge in [0.1, 0.15) is 10.2 Å². The van der Waals surface area contributed by atoms with E-state index < -0.39 is 0 Å². The summed E-state index contributed by atoms with van der Waals surface area (Å²) in [4.78, 5) is 14.8. The van der Waals surface area contributed by atoms with Gasteiger partial charge in [0, 0.05) is 0 Å². The minimum Gasteiger partial charge on any atom is -0.266 e. The van der Waals surface area contributed by atoms with Crippen LogP contribution in [0.15, 0.2) is 16.5 Å². The number of rotatable bonds is 0. The molecule has 2 aromatic heterocycles. The largest absolute Gasteiger partial charge is 0.283 e. The lowest BCUT2D eigenvalue weighted by atomic mass is 10.5. The van der Waals surface area contributed by atoms with Crippen LogP contribution in [0.25, 0.3) is 10.2 Å². The lowest BCUT2D eigenvalue weighted by Gasteiger charge is -1.80. The van der Waals surface area contributed by atoms with Crippen LogP contribution >= 0.6 is 11.3 Å². The fourth-order valence-electron chi connectivity index (χ4n) is 0.719. The van der Waals surface area contributed by atoms with E-state index in [2.05, 4.69) is 15.2 Å². The van der Waals surface area contributed by atoms with E-state index in [0.29, 0.717) is 10.2 Å². The zero-order chi connectivity index (χ0) is 6.97. The molecule has 4 nitrogen and oxygen atoms in total. The zero-order valence-corrected chi connectivity index (χ0v) is 5.68. The second-order valence-electron chi connectivity index (χ2n) is 1.77. The van der Waals surface area contributed by atoms with Gasteiger partial charge in [0.25, 0.3) is 5.56 Å². The van der Waals surface area contributed by atoms with Crippen molar-refractivity contribution in [3.63, 3.8) is 0 Å². The van der Waals surface area contributed by atoms with Crippen molar-refractivity contribution in [2.75, 3.05) is 0 Å². The molecule has 0 unspecified atom stereocenters. The average molecular weight is 153 g/mol. The van der Waals surface area contributed by atoms with Crippen molar-refractivity contribution in [1.29, 1.82) is 0 Å². The van der Waals surface area contributed by atoms with Crippen LogP contribution in [-0.4, -0.2) is 15.2 Å². The Kier molecular flexibility index (Phi) is 1.04. The van der Waals surface area contributed by atoms with E-state index >= 15 is 0 Å². The van der Waals surface area contributed by atoms with Crippen molar-refractivity contribution >= 4 is 21.6 Å². The third kappa shape index (κ3) is 0.640.